The van der Waals surface area contributed by atoms with Gasteiger partial charge in [0.05, 0.1) is 12.4 Å². The van der Waals surface area contributed by atoms with E-state index in [1.165, 1.54) is 6.33 Å². The highest BCUT2D eigenvalue weighted by Crippen LogP contribution is 2.08. The molecule has 0 radical (unpaired) electrons. The number of aromatic amines is 1. The molecule has 0 aliphatic carbocycles. The summed E-state index contributed by atoms with van der Waals surface area (Å²) >= 11 is 3.95. The third kappa shape index (κ3) is 8.67. The van der Waals surface area contributed by atoms with Gasteiger partial charge in [-0.15, -0.1) is 0 Å². The van der Waals surface area contributed by atoms with Crippen molar-refractivity contribution in [1.82, 2.24) is 31.2 Å². The summed E-state index contributed by atoms with van der Waals surface area (Å²) in [5.41, 5.74) is 6.17. The number of carbonyl (C=O) groups is 4. The lowest BCUT2D eigenvalue weighted by Gasteiger charge is -2.25. The van der Waals surface area contributed by atoms with Crippen molar-refractivity contribution < 1.29 is 24.3 Å². The molecular formula is C20H33N7O5S. The molecule has 4 unspecified atom stereocenters. The first-order valence-electron chi connectivity index (χ1n) is 11.0. The molecule has 1 aliphatic heterocycles. The molecule has 8 N–H and O–H groups in total. The molecule has 0 bridgehead atoms. The molecule has 0 saturated carbocycles. The van der Waals surface area contributed by atoms with E-state index in [4.69, 9.17) is 5.73 Å². The van der Waals surface area contributed by atoms with Crippen LogP contribution in [-0.4, -0.2) is 81.8 Å². The van der Waals surface area contributed by atoms with Crippen LogP contribution in [-0.2, 0) is 25.6 Å². The molecule has 12 nitrogen and oxygen atoms in total. The number of nitrogens with two attached hydrogens (primary N) is 1. The lowest BCUT2D eigenvalue weighted by atomic mass is 10.1. The Hall–Kier alpha value is -2.64. The maximum absolute atomic E-state index is 13.1. The van der Waals surface area contributed by atoms with Crippen LogP contribution in [0, 0.1) is 0 Å². The SMILES string of the molecule is NCCCCC(NC(=O)C(Cc1cnc[nH]1)NC(=O)C1CCCN1)C(=O)NC(CS)C(=O)O. The van der Waals surface area contributed by atoms with Crippen molar-refractivity contribution in [3.8, 4) is 0 Å². The van der Waals surface area contributed by atoms with Crippen molar-refractivity contribution in [3.63, 3.8) is 0 Å². The number of hydrogen-bond donors (Lipinski definition) is 8. The van der Waals surface area contributed by atoms with Gasteiger partial charge in [0, 0.05) is 24.1 Å². The van der Waals surface area contributed by atoms with Gasteiger partial charge in [-0.3, -0.25) is 14.4 Å². The number of carboxylic acids is 1. The molecular weight excluding hydrogens is 450 g/mol. The Morgan fingerprint density at radius 1 is 1.15 bits per heavy atom. The van der Waals surface area contributed by atoms with Gasteiger partial charge in [-0.2, -0.15) is 12.6 Å². The molecule has 2 heterocycles. The molecule has 1 aromatic heterocycles. The molecule has 2 rings (SSSR count). The van der Waals surface area contributed by atoms with Gasteiger partial charge in [-0.25, -0.2) is 9.78 Å². The van der Waals surface area contributed by atoms with Crippen molar-refractivity contribution in [1.29, 1.82) is 0 Å². The number of aromatic nitrogens is 2. The van der Waals surface area contributed by atoms with Gasteiger partial charge in [-0.1, -0.05) is 0 Å². The lowest BCUT2D eigenvalue weighted by Crippen LogP contribution is -2.57. The number of carbonyl (C=O) groups excluding carboxylic acids is 3. The summed E-state index contributed by atoms with van der Waals surface area (Å²) in [4.78, 5) is 56.6. The molecule has 1 aliphatic rings. The lowest BCUT2D eigenvalue weighted by molar-refractivity contribution is -0.141. The molecule has 1 aromatic rings. The largest absolute Gasteiger partial charge is 0.480 e. The number of nitrogens with zero attached hydrogens (tertiary/aromatic N) is 1. The summed E-state index contributed by atoms with van der Waals surface area (Å²) < 4.78 is 0. The second-order valence-corrected chi connectivity index (χ2v) is 8.28. The topological polar surface area (TPSA) is 191 Å². The molecule has 184 valence electrons. The van der Waals surface area contributed by atoms with Crippen LogP contribution in [0.4, 0.5) is 0 Å². The minimum atomic E-state index is -1.22. The maximum atomic E-state index is 13.1. The van der Waals surface area contributed by atoms with Gasteiger partial charge >= 0.3 is 5.97 Å². The van der Waals surface area contributed by atoms with E-state index in [1.54, 1.807) is 6.20 Å². The Kier molecular flexibility index (Phi) is 11.1. The van der Waals surface area contributed by atoms with E-state index in [0.29, 0.717) is 31.5 Å². The summed E-state index contributed by atoms with van der Waals surface area (Å²) in [5, 5.41) is 20.1. The summed E-state index contributed by atoms with van der Waals surface area (Å²) in [6.07, 6.45) is 6.17. The number of nitrogens with one attached hydrogen (secondary N) is 5. The zero-order chi connectivity index (χ0) is 24.2. The number of thiol groups is 1. The summed E-state index contributed by atoms with van der Waals surface area (Å²) in [5.74, 6) is -2.80. The first kappa shape index (κ1) is 26.6. The van der Waals surface area contributed by atoms with Gasteiger partial charge in [0.1, 0.15) is 18.1 Å². The van der Waals surface area contributed by atoms with E-state index < -0.39 is 35.9 Å². The average molecular weight is 484 g/mol. The zero-order valence-corrected chi connectivity index (χ0v) is 19.3. The fourth-order valence-electron chi connectivity index (χ4n) is 3.50. The maximum Gasteiger partial charge on any atom is 0.327 e. The zero-order valence-electron chi connectivity index (χ0n) is 18.4. The van der Waals surface area contributed by atoms with Gasteiger partial charge in [0.15, 0.2) is 0 Å². The Bertz CT molecular complexity index is 786. The predicted molar refractivity (Wildman–Crippen MR) is 124 cm³/mol. The molecule has 1 fully saturated rings. The van der Waals surface area contributed by atoms with Gasteiger partial charge in [0.2, 0.25) is 17.7 Å². The number of amides is 3. The van der Waals surface area contributed by atoms with E-state index in [0.717, 1.165) is 13.0 Å². The number of H-pyrrole nitrogens is 1. The summed E-state index contributed by atoms with van der Waals surface area (Å²) in [6, 6.07) is -3.51. The first-order chi connectivity index (χ1) is 15.8. The van der Waals surface area contributed by atoms with E-state index in [2.05, 4.69) is 43.9 Å². The third-order valence-electron chi connectivity index (χ3n) is 5.37. The van der Waals surface area contributed by atoms with Crippen LogP contribution in [0.2, 0.25) is 0 Å². The third-order valence-corrected chi connectivity index (χ3v) is 5.73. The molecule has 33 heavy (non-hydrogen) atoms. The average Bonchev–Trinajstić information content (AvgIpc) is 3.50. The van der Waals surface area contributed by atoms with Gasteiger partial charge in [-0.05, 0) is 45.2 Å². The predicted octanol–water partition coefficient (Wildman–Crippen LogP) is -1.70. The number of aliphatic carboxylic acids is 1. The minimum Gasteiger partial charge on any atom is -0.480 e. The van der Waals surface area contributed by atoms with Crippen molar-refractivity contribution >= 4 is 36.3 Å². The van der Waals surface area contributed by atoms with Crippen LogP contribution in [0.1, 0.15) is 37.8 Å². The molecule has 13 heteroatoms. The van der Waals surface area contributed by atoms with Gasteiger partial charge < -0.3 is 37.1 Å². The fourth-order valence-corrected chi connectivity index (χ4v) is 3.75. The van der Waals surface area contributed by atoms with Gasteiger partial charge in [0.25, 0.3) is 0 Å². The van der Waals surface area contributed by atoms with Crippen molar-refractivity contribution in [2.75, 3.05) is 18.8 Å². The van der Waals surface area contributed by atoms with Crippen LogP contribution < -0.4 is 27.0 Å². The quantitative estimate of drug-likeness (QED) is 0.113. The van der Waals surface area contributed by atoms with Crippen molar-refractivity contribution in [2.45, 2.75) is 62.7 Å². The smallest absolute Gasteiger partial charge is 0.327 e. The van der Waals surface area contributed by atoms with Crippen LogP contribution in [0.3, 0.4) is 0 Å². The number of carboxylic acid groups (broad SMARTS) is 1. The van der Waals surface area contributed by atoms with Crippen LogP contribution in [0.15, 0.2) is 12.5 Å². The summed E-state index contributed by atoms with van der Waals surface area (Å²) in [6.45, 7) is 1.15. The van der Waals surface area contributed by atoms with E-state index >= 15 is 0 Å². The monoisotopic (exact) mass is 483 g/mol. The minimum absolute atomic E-state index is 0.0998. The standard InChI is InChI=1S/C20H33N7O5S/c21-6-2-1-4-14(18(29)27-16(10-33)20(31)32)25-19(30)15(8-12-9-22-11-24-12)26-17(28)13-5-3-7-23-13/h9,11,13-16,23,33H,1-8,10,21H2,(H,22,24)(H,25,30)(H,26,28)(H,27,29)(H,31,32). The highest BCUT2D eigenvalue weighted by molar-refractivity contribution is 7.80. The van der Waals surface area contributed by atoms with E-state index in [9.17, 15) is 24.3 Å². The fraction of sp³-hybridized carbons (Fsp3) is 0.650. The molecule has 3 amide bonds. The molecule has 4 atom stereocenters. The van der Waals surface area contributed by atoms with Crippen LogP contribution in [0.25, 0.3) is 0 Å². The number of rotatable bonds is 14. The molecule has 1 saturated heterocycles. The van der Waals surface area contributed by atoms with E-state index in [-0.39, 0.29) is 30.5 Å². The Labute approximate surface area is 197 Å². The Morgan fingerprint density at radius 2 is 1.88 bits per heavy atom. The number of hydrogen-bond acceptors (Lipinski definition) is 8. The number of unbranched alkanes of at least 4 members (excludes halogenated alkanes) is 1. The highest BCUT2D eigenvalue weighted by atomic mass is 32.1. The molecule has 0 aromatic carbocycles. The Morgan fingerprint density at radius 3 is 2.45 bits per heavy atom. The van der Waals surface area contributed by atoms with Crippen molar-refractivity contribution in [3.05, 3.63) is 18.2 Å². The normalized spacial score (nSPS) is 18.2. The first-order valence-corrected chi connectivity index (χ1v) is 11.6. The summed E-state index contributed by atoms with van der Waals surface area (Å²) in [7, 11) is 0. The van der Waals surface area contributed by atoms with Crippen LogP contribution in [0.5, 0.6) is 0 Å². The highest BCUT2D eigenvalue weighted by Gasteiger charge is 2.31. The second kappa shape index (κ2) is 13.8. The van der Waals surface area contributed by atoms with Crippen molar-refractivity contribution in [2.24, 2.45) is 5.73 Å². The Balaban J connectivity index is 2.12. The number of imidazole rings is 1. The van der Waals surface area contributed by atoms with Crippen LogP contribution >= 0.6 is 12.6 Å². The molecule has 0 spiro atoms. The second-order valence-electron chi connectivity index (χ2n) is 7.92. The van der Waals surface area contributed by atoms with E-state index in [1.807, 2.05) is 0 Å².